The van der Waals surface area contributed by atoms with Gasteiger partial charge in [0.2, 0.25) is 0 Å². The molecule has 1 aliphatic heterocycles. The monoisotopic (exact) mass is 227 g/mol. The van der Waals surface area contributed by atoms with E-state index in [4.69, 9.17) is 9.47 Å². The maximum atomic E-state index is 5.67. The van der Waals surface area contributed by atoms with Gasteiger partial charge in [0.25, 0.3) is 0 Å². The van der Waals surface area contributed by atoms with Crippen molar-refractivity contribution < 1.29 is 9.47 Å². The summed E-state index contributed by atoms with van der Waals surface area (Å²) in [6.45, 7) is 5.52. The molecular weight excluding hydrogens is 202 g/mol. The second kappa shape index (κ2) is 5.48. The molecule has 3 heteroatoms. The van der Waals surface area contributed by atoms with Crippen molar-refractivity contribution >= 4 is 0 Å². The Balaban J connectivity index is 1.73. The van der Waals surface area contributed by atoms with E-state index in [0.29, 0.717) is 12.1 Å². The topological polar surface area (TPSA) is 30.5 Å². The first-order valence-corrected chi connectivity index (χ1v) is 6.70. The zero-order chi connectivity index (χ0) is 11.4. The smallest absolute Gasteiger partial charge is 0.162 e. The summed E-state index contributed by atoms with van der Waals surface area (Å²) in [6.07, 6.45) is 8.20. The van der Waals surface area contributed by atoms with Crippen LogP contribution >= 0.6 is 0 Å². The highest BCUT2D eigenvalue weighted by molar-refractivity contribution is 4.79. The maximum absolute atomic E-state index is 5.67. The minimum atomic E-state index is -0.387. The van der Waals surface area contributed by atoms with E-state index in [1.165, 1.54) is 38.5 Å². The number of ether oxygens (including phenoxy) is 2. The molecule has 0 aromatic heterocycles. The lowest BCUT2D eigenvalue weighted by Crippen LogP contribution is -2.51. The van der Waals surface area contributed by atoms with Gasteiger partial charge in [-0.1, -0.05) is 25.7 Å². The number of hydrogen-bond donors (Lipinski definition) is 1. The molecule has 0 radical (unpaired) electrons. The minimum absolute atomic E-state index is 0.385. The molecule has 2 aliphatic rings. The van der Waals surface area contributed by atoms with Crippen molar-refractivity contribution in [2.75, 3.05) is 13.2 Å². The molecule has 1 saturated heterocycles. The van der Waals surface area contributed by atoms with Gasteiger partial charge in [0, 0.05) is 6.04 Å². The summed E-state index contributed by atoms with van der Waals surface area (Å²) in [4.78, 5) is 0. The molecule has 3 nitrogen and oxygen atoms in total. The number of rotatable bonds is 2. The quantitative estimate of drug-likeness (QED) is 0.735. The van der Waals surface area contributed by atoms with E-state index in [-0.39, 0.29) is 5.79 Å². The normalized spacial score (nSPS) is 28.9. The molecule has 1 heterocycles. The van der Waals surface area contributed by atoms with Crippen LogP contribution in [0.2, 0.25) is 0 Å². The predicted octanol–water partition coefficient (Wildman–Crippen LogP) is 2.45. The number of nitrogens with one attached hydrogen (secondary N) is 1. The molecule has 2 fully saturated rings. The highest BCUT2D eigenvalue weighted by Crippen LogP contribution is 2.20. The summed E-state index contributed by atoms with van der Waals surface area (Å²) >= 11 is 0. The standard InChI is InChI=1S/C13H25NO2/c1-13(2)15-9-12(10-16-13)14-11-7-5-3-4-6-8-11/h11-12,14H,3-10H2,1-2H3. The van der Waals surface area contributed by atoms with Gasteiger partial charge < -0.3 is 14.8 Å². The Bertz CT molecular complexity index is 200. The summed E-state index contributed by atoms with van der Waals surface area (Å²) in [5.41, 5.74) is 0. The van der Waals surface area contributed by atoms with Crippen molar-refractivity contribution in [2.24, 2.45) is 0 Å². The molecule has 0 aromatic rings. The molecule has 1 saturated carbocycles. The highest BCUT2D eigenvalue weighted by atomic mass is 16.7. The Morgan fingerprint density at radius 3 is 2.00 bits per heavy atom. The minimum Gasteiger partial charge on any atom is -0.349 e. The van der Waals surface area contributed by atoms with E-state index in [1.54, 1.807) is 0 Å². The lowest BCUT2D eigenvalue weighted by Gasteiger charge is -2.36. The van der Waals surface area contributed by atoms with Crippen molar-refractivity contribution in [2.45, 2.75) is 70.2 Å². The summed E-state index contributed by atoms with van der Waals surface area (Å²) < 4.78 is 11.3. The molecule has 1 aliphatic carbocycles. The molecule has 0 atom stereocenters. The van der Waals surface area contributed by atoms with Crippen LogP contribution in [0, 0.1) is 0 Å². The van der Waals surface area contributed by atoms with Gasteiger partial charge in [-0.3, -0.25) is 0 Å². The third kappa shape index (κ3) is 3.72. The van der Waals surface area contributed by atoms with Crippen LogP contribution in [0.25, 0.3) is 0 Å². The Hall–Kier alpha value is -0.120. The number of hydrogen-bond acceptors (Lipinski definition) is 3. The molecule has 0 aromatic carbocycles. The largest absolute Gasteiger partial charge is 0.349 e. The van der Waals surface area contributed by atoms with Crippen molar-refractivity contribution in [3.8, 4) is 0 Å². The lowest BCUT2D eigenvalue weighted by atomic mass is 10.1. The van der Waals surface area contributed by atoms with Crippen molar-refractivity contribution in [3.05, 3.63) is 0 Å². The molecule has 16 heavy (non-hydrogen) atoms. The van der Waals surface area contributed by atoms with E-state index in [0.717, 1.165) is 13.2 Å². The first-order chi connectivity index (χ1) is 7.66. The zero-order valence-corrected chi connectivity index (χ0v) is 10.6. The fraction of sp³-hybridized carbons (Fsp3) is 1.00. The molecule has 1 N–H and O–H groups in total. The third-order valence-corrected chi connectivity index (χ3v) is 3.59. The molecule has 0 unspecified atom stereocenters. The van der Waals surface area contributed by atoms with Crippen LogP contribution in [0.15, 0.2) is 0 Å². The Morgan fingerprint density at radius 2 is 1.44 bits per heavy atom. The van der Waals surface area contributed by atoms with Gasteiger partial charge in [0.15, 0.2) is 5.79 Å². The average molecular weight is 227 g/mol. The average Bonchev–Trinajstić information content (AvgIpc) is 2.50. The van der Waals surface area contributed by atoms with Crippen LogP contribution in [0.4, 0.5) is 0 Å². The molecule has 2 rings (SSSR count). The maximum Gasteiger partial charge on any atom is 0.162 e. The SMILES string of the molecule is CC1(C)OCC(NC2CCCCCC2)CO1. The molecule has 0 amide bonds. The van der Waals surface area contributed by atoms with Crippen LogP contribution in [0.5, 0.6) is 0 Å². The van der Waals surface area contributed by atoms with Gasteiger partial charge in [-0.25, -0.2) is 0 Å². The van der Waals surface area contributed by atoms with Crippen LogP contribution in [-0.4, -0.2) is 31.1 Å². The van der Waals surface area contributed by atoms with Gasteiger partial charge in [-0.05, 0) is 26.7 Å². The van der Waals surface area contributed by atoms with Gasteiger partial charge >= 0.3 is 0 Å². The Kier molecular flexibility index (Phi) is 4.22. The summed E-state index contributed by atoms with van der Waals surface area (Å²) in [6, 6.07) is 1.07. The summed E-state index contributed by atoms with van der Waals surface area (Å²) in [5.74, 6) is -0.387. The Morgan fingerprint density at radius 1 is 0.875 bits per heavy atom. The van der Waals surface area contributed by atoms with E-state index < -0.39 is 0 Å². The fourth-order valence-corrected chi connectivity index (χ4v) is 2.57. The van der Waals surface area contributed by atoms with Crippen molar-refractivity contribution in [1.29, 1.82) is 0 Å². The van der Waals surface area contributed by atoms with Crippen LogP contribution in [-0.2, 0) is 9.47 Å². The van der Waals surface area contributed by atoms with Gasteiger partial charge in [-0.2, -0.15) is 0 Å². The van der Waals surface area contributed by atoms with Crippen LogP contribution in [0.1, 0.15) is 52.4 Å². The van der Waals surface area contributed by atoms with E-state index in [2.05, 4.69) is 5.32 Å². The van der Waals surface area contributed by atoms with E-state index in [1.807, 2.05) is 13.8 Å². The molecule has 94 valence electrons. The second-order valence-electron chi connectivity index (χ2n) is 5.57. The van der Waals surface area contributed by atoms with Gasteiger partial charge in [0.05, 0.1) is 19.3 Å². The molecular formula is C13H25NO2. The van der Waals surface area contributed by atoms with Gasteiger partial charge in [0.1, 0.15) is 0 Å². The summed E-state index contributed by atoms with van der Waals surface area (Å²) in [7, 11) is 0. The van der Waals surface area contributed by atoms with Crippen molar-refractivity contribution in [3.63, 3.8) is 0 Å². The third-order valence-electron chi connectivity index (χ3n) is 3.59. The summed E-state index contributed by atoms with van der Waals surface area (Å²) in [5, 5.41) is 3.69. The Labute approximate surface area is 98.9 Å². The lowest BCUT2D eigenvalue weighted by molar-refractivity contribution is -0.253. The zero-order valence-electron chi connectivity index (χ0n) is 10.6. The van der Waals surface area contributed by atoms with E-state index in [9.17, 15) is 0 Å². The molecule has 0 bridgehead atoms. The second-order valence-corrected chi connectivity index (χ2v) is 5.57. The first kappa shape index (κ1) is 12.3. The van der Waals surface area contributed by atoms with Crippen molar-refractivity contribution in [1.82, 2.24) is 5.32 Å². The fourth-order valence-electron chi connectivity index (χ4n) is 2.57. The van der Waals surface area contributed by atoms with Crippen LogP contribution < -0.4 is 5.32 Å². The molecule has 0 spiro atoms. The van der Waals surface area contributed by atoms with E-state index >= 15 is 0 Å². The van der Waals surface area contributed by atoms with Gasteiger partial charge in [-0.15, -0.1) is 0 Å². The highest BCUT2D eigenvalue weighted by Gasteiger charge is 2.29. The first-order valence-electron chi connectivity index (χ1n) is 6.70. The van der Waals surface area contributed by atoms with Crippen LogP contribution in [0.3, 0.4) is 0 Å². The predicted molar refractivity (Wildman–Crippen MR) is 64.4 cm³/mol.